The van der Waals surface area contributed by atoms with Gasteiger partial charge in [-0.2, -0.15) is 11.8 Å². The lowest BCUT2D eigenvalue weighted by Crippen LogP contribution is -2.49. The molecule has 0 bridgehead atoms. The van der Waals surface area contributed by atoms with Gasteiger partial charge in [-0.05, 0) is 30.5 Å². The van der Waals surface area contributed by atoms with Crippen LogP contribution < -0.4 is 4.74 Å². The molecule has 2 heterocycles. The number of carbonyl (C=O) groups excluding carboxylic acids is 1. The monoisotopic (exact) mass is 360 g/mol. The molecule has 0 spiro atoms. The van der Waals surface area contributed by atoms with Gasteiger partial charge in [-0.3, -0.25) is 9.69 Å². The largest absolute Gasteiger partial charge is 0.492 e. The van der Waals surface area contributed by atoms with E-state index in [-0.39, 0.29) is 5.91 Å². The number of ether oxygens (including phenoxy) is 1. The summed E-state index contributed by atoms with van der Waals surface area (Å²) in [7, 11) is 0. The maximum absolute atomic E-state index is 12.5. The van der Waals surface area contributed by atoms with E-state index in [0.29, 0.717) is 12.4 Å². The van der Waals surface area contributed by atoms with Gasteiger partial charge >= 0.3 is 0 Å². The number of nitrogens with zero attached hydrogens (tertiary/aromatic N) is 2. The van der Waals surface area contributed by atoms with E-state index in [1.54, 1.807) is 17.8 Å². The van der Waals surface area contributed by atoms with Crippen LogP contribution >= 0.6 is 11.8 Å². The second-order valence-corrected chi connectivity index (χ2v) is 6.86. The Morgan fingerprint density at radius 3 is 2.60 bits per heavy atom. The van der Waals surface area contributed by atoms with Crippen molar-refractivity contribution in [2.24, 2.45) is 0 Å². The average Bonchev–Trinajstić information content (AvgIpc) is 3.12. The summed E-state index contributed by atoms with van der Waals surface area (Å²) in [5, 5.41) is 0. The number of rotatable bonds is 7. The third kappa shape index (κ3) is 5.03. The van der Waals surface area contributed by atoms with E-state index in [2.05, 4.69) is 4.90 Å². The zero-order valence-corrected chi connectivity index (χ0v) is 15.3. The fourth-order valence-electron chi connectivity index (χ4n) is 2.85. The highest BCUT2D eigenvalue weighted by Gasteiger charge is 2.24. The first kappa shape index (κ1) is 17.9. The average molecular weight is 360 g/mol. The standard InChI is InChI=1S/C19H24N2O3S/c1-25-15-17-7-8-18(24-17)19(22)21-11-9-20(10-12-21)13-14-23-16-5-3-2-4-6-16/h2-8H,9-15H2,1H3. The summed E-state index contributed by atoms with van der Waals surface area (Å²) in [5.41, 5.74) is 0. The topological polar surface area (TPSA) is 45.9 Å². The summed E-state index contributed by atoms with van der Waals surface area (Å²) in [6.07, 6.45) is 2.02. The first-order chi connectivity index (χ1) is 12.3. The quantitative estimate of drug-likeness (QED) is 0.760. The predicted octanol–water partition coefficient (Wildman–Crippen LogP) is 2.98. The van der Waals surface area contributed by atoms with E-state index in [0.717, 1.165) is 50.0 Å². The van der Waals surface area contributed by atoms with Gasteiger partial charge in [0.1, 0.15) is 18.1 Å². The Hall–Kier alpha value is -1.92. The molecule has 1 fully saturated rings. The fraction of sp³-hybridized carbons (Fsp3) is 0.421. The summed E-state index contributed by atoms with van der Waals surface area (Å²) < 4.78 is 11.4. The molecular weight excluding hydrogens is 336 g/mol. The summed E-state index contributed by atoms with van der Waals surface area (Å²) in [6, 6.07) is 13.5. The highest BCUT2D eigenvalue weighted by molar-refractivity contribution is 7.97. The van der Waals surface area contributed by atoms with E-state index >= 15 is 0 Å². The molecule has 1 amide bonds. The molecule has 6 heteroatoms. The summed E-state index contributed by atoms with van der Waals surface area (Å²) in [6.45, 7) is 4.71. The Labute approximate surface area is 152 Å². The van der Waals surface area contributed by atoms with Crippen LogP contribution in [0.25, 0.3) is 0 Å². The SMILES string of the molecule is CSCc1ccc(C(=O)N2CCN(CCOc3ccccc3)CC2)o1. The van der Waals surface area contributed by atoms with Crippen molar-refractivity contribution in [3.63, 3.8) is 0 Å². The molecule has 1 saturated heterocycles. The van der Waals surface area contributed by atoms with Crippen molar-refractivity contribution in [2.75, 3.05) is 45.6 Å². The molecule has 0 saturated carbocycles. The molecule has 0 N–H and O–H groups in total. The first-order valence-corrected chi connectivity index (χ1v) is 9.93. The normalized spacial score (nSPS) is 15.3. The number of amides is 1. The number of piperazine rings is 1. The van der Waals surface area contributed by atoms with Gasteiger partial charge < -0.3 is 14.1 Å². The lowest BCUT2D eigenvalue weighted by Gasteiger charge is -2.34. The van der Waals surface area contributed by atoms with Crippen LogP contribution in [0.1, 0.15) is 16.3 Å². The smallest absolute Gasteiger partial charge is 0.289 e. The third-order valence-electron chi connectivity index (χ3n) is 4.24. The minimum Gasteiger partial charge on any atom is -0.492 e. The van der Waals surface area contributed by atoms with Crippen LogP contribution in [0.3, 0.4) is 0 Å². The molecule has 1 aliphatic rings. The molecule has 1 aliphatic heterocycles. The molecule has 0 unspecified atom stereocenters. The lowest BCUT2D eigenvalue weighted by atomic mass is 10.3. The van der Waals surface area contributed by atoms with E-state index in [1.807, 2.05) is 47.6 Å². The molecule has 25 heavy (non-hydrogen) atoms. The van der Waals surface area contributed by atoms with Crippen molar-refractivity contribution in [1.82, 2.24) is 9.80 Å². The van der Waals surface area contributed by atoms with Gasteiger partial charge in [0, 0.05) is 32.7 Å². The van der Waals surface area contributed by atoms with Crippen molar-refractivity contribution < 1.29 is 13.9 Å². The number of carbonyl (C=O) groups is 1. The van der Waals surface area contributed by atoms with Crippen molar-refractivity contribution in [1.29, 1.82) is 0 Å². The molecule has 0 aliphatic carbocycles. The number of thioether (sulfide) groups is 1. The summed E-state index contributed by atoms with van der Waals surface area (Å²) >= 11 is 1.68. The van der Waals surface area contributed by atoms with Gasteiger partial charge in [-0.1, -0.05) is 18.2 Å². The molecule has 0 radical (unpaired) electrons. The van der Waals surface area contributed by atoms with E-state index in [9.17, 15) is 4.79 Å². The maximum atomic E-state index is 12.5. The Bertz CT molecular complexity index is 666. The minimum atomic E-state index is -0.00691. The van der Waals surface area contributed by atoms with Crippen molar-refractivity contribution in [2.45, 2.75) is 5.75 Å². The number of benzene rings is 1. The maximum Gasteiger partial charge on any atom is 0.289 e. The Balaban J connectivity index is 1.41. The predicted molar refractivity (Wildman–Crippen MR) is 100 cm³/mol. The van der Waals surface area contributed by atoms with Gasteiger partial charge in [-0.15, -0.1) is 0 Å². The molecule has 134 valence electrons. The van der Waals surface area contributed by atoms with E-state index in [1.165, 1.54) is 0 Å². The van der Waals surface area contributed by atoms with Crippen molar-refractivity contribution >= 4 is 17.7 Å². The van der Waals surface area contributed by atoms with Crippen LogP contribution in [0.4, 0.5) is 0 Å². The molecule has 5 nitrogen and oxygen atoms in total. The Morgan fingerprint density at radius 1 is 1.12 bits per heavy atom. The molecule has 3 rings (SSSR count). The van der Waals surface area contributed by atoms with Crippen LogP contribution in [-0.2, 0) is 5.75 Å². The van der Waals surface area contributed by atoms with Gasteiger partial charge in [-0.25, -0.2) is 0 Å². The highest BCUT2D eigenvalue weighted by Crippen LogP contribution is 2.16. The van der Waals surface area contributed by atoms with Crippen LogP contribution in [0.2, 0.25) is 0 Å². The number of hydrogen-bond acceptors (Lipinski definition) is 5. The highest BCUT2D eigenvalue weighted by atomic mass is 32.2. The second-order valence-electron chi connectivity index (χ2n) is 5.99. The molecule has 1 aromatic heterocycles. The van der Waals surface area contributed by atoms with Crippen LogP contribution in [0.5, 0.6) is 5.75 Å². The van der Waals surface area contributed by atoms with Crippen LogP contribution in [0, 0.1) is 0 Å². The van der Waals surface area contributed by atoms with Gasteiger partial charge in [0.25, 0.3) is 5.91 Å². The second kappa shape index (κ2) is 8.97. The molecule has 1 aromatic carbocycles. The van der Waals surface area contributed by atoms with Gasteiger partial charge in [0.15, 0.2) is 5.76 Å². The first-order valence-electron chi connectivity index (χ1n) is 8.53. The molecular formula is C19H24N2O3S. The van der Waals surface area contributed by atoms with Crippen LogP contribution in [-0.4, -0.2) is 61.3 Å². The van der Waals surface area contributed by atoms with Crippen molar-refractivity contribution in [3.8, 4) is 5.75 Å². The zero-order chi connectivity index (χ0) is 17.5. The number of furan rings is 1. The fourth-order valence-corrected chi connectivity index (χ4v) is 3.29. The Kier molecular flexibility index (Phi) is 6.42. The lowest BCUT2D eigenvalue weighted by molar-refractivity contribution is 0.0589. The van der Waals surface area contributed by atoms with E-state index in [4.69, 9.17) is 9.15 Å². The van der Waals surface area contributed by atoms with E-state index < -0.39 is 0 Å². The Morgan fingerprint density at radius 2 is 1.88 bits per heavy atom. The van der Waals surface area contributed by atoms with Gasteiger partial charge in [0.05, 0.1) is 5.75 Å². The third-order valence-corrected chi connectivity index (χ3v) is 4.81. The van der Waals surface area contributed by atoms with Crippen molar-refractivity contribution in [3.05, 3.63) is 54.0 Å². The molecule has 0 atom stereocenters. The number of hydrogen-bond donors (Lipinski definition) is 0. The van der Waals surface area contributed by atoms with Crippen LogP contribution in [0.15, 0.2) is 46.9 Å². The minimum absolute atomic E-state index is 0.00691. The summed E-state index contributed by atoms with van der Waals surface area (Å²) in [4.78, 5) is 16.7. The number of para-hydroxylation sites is 1. The van der Waals surface area contributed by atoms with Gasteiger partial charge in [0.2, 0.25) is 0 Å². The molecule has 2 aromatic rings. The zero-order valence-electron chi connectivity index (χ0n) is 14.5. The summed E-state index contributed by atoms with van der Waals surface area (Å²) in [5.74, 6) is 2.99.